The van der Waals surface area contributed by atoms with E-state index in [-0.39, 0.29) is 11.3 Å². The van der Waals surface area contributed by atoms with Crippen LogP contribution in [0.1, 0.15) is 42.6 Å². The summed E-state index contributed by atoms with van der Waals surface area (Å²) in [6.45, 7) is 2.70. The summed E-state index contributed by atoms with van der Waals surface area (Å²) in [4.78, 5) is 18.9. The Bertz CT molecular complexity index is 758. The van der Waals surface area contributed by atoms with Crippen molar-refractivity contribution in [3.63, 3.8) is 0 Å². The van der Waals surface area contributed by atoms with Crippen molar-refractivity contribution in [3.8, 4) is 0 Å². The van der Waals surface area contributed by atoms with Gasteiger partial charge in [0, 0.05) is 31.5 Å². The highest BCUT2D eigenvalue weighted by molar-refractivity contribution is 7.91. The van der Waals surface area contributed by atoms with E-state index < -0.39 is 9.84 Å². The number of hydrogen-bond donors (Lipinski definition) is 1. The van der Waals surface area contributed by atoms with E-state index in [0.717, 1.165) is 38.0 Å². The minimum Gasteiger partial charge on any atom is -0.371 e. The number of carbonyl (C=O) groups is 1. The first kappa shape index (κ1) is 16.8. The van der Waals surface area contributed by atoms with Crippen LogP contribution in [0.5, 0.6) is 0 Å². The fourth-order valence-corrected chi connectivity index (χ4v) is 5.94. The second kappa shape index (κ2) is 6.27. The molecule has 2 aliphatic heterocycles. The van der Waals surface area contributed by atoms with Gasteiger partial charge >= 0.3 is 0 Å². The van der Waals surface area contributed by atoms with Gasteiger partial charge in [0.1, 0.15) is 15.5 Å². The van der Waals surface area contributed by atoms with Gasteiger partial charge in [-0.3, -0.25) is 9.78 Å². The van der Waals surface area contributed by atoms with Crippen LogP contribution in [-0.4, -0.2) is 50.4 Å². The van der Waals surface area contributed by atoms with Gasteiger partial charge in [-0.2, -0.15) is 0 Å². The molecule has 0 bridgehead atoms. The van der Waals surface area contributed by atoms with Crippen molar-refractivity contribution >= 4 is 21.4 Å². The van der Waals surface area contributed by atoms with Gasteiger partial charge in [-0.1, -0.05) is 0 Å². The zero-order valence-electron chi connectivity index (χ0n) is 14.4. The lowest BCUT2D eigenvalue weighted by Crippen LogP contribution is -2.31. The largest absolute Gasteiger partial charge is 0.371 e. The van der Waals surface area contributed by atoms with Gasteiger partial charge in [0.05, 0.1) is 11.5 Å². The van der Waals surface area contributed by atoms with Gasteiger partial charge in [0.15, 0.2) is 0 Å². The molecule has 4 rings (SSSR count). The Morgan fingerprint density at radius 2 is 2.00 bits per heavy atom. The highest BCUT2D eigenvalue weighted by Gasteiger charge is 2.55. The molecule has 3 aliphatic rings. The van der Waals surface area contributed by atoms with Gasteiger partial charge in [-0.25, -0.2) is 8.42 Å². The first-order chi connectivity index (χ1) is 12.0. The van der Waals surface area contributed by atoms with E-state index in [2.05, 4.69) is 15.2 Å². The topological polar surface area (TPSA) is 79.4 Å². The Morgan fingerprint density at radius 1 is 1.28 bits per heavy atom. The minimum atomic E-state index is -2.83. The standard InChI is InChI=1S/C18H25N3O3S/c22-17(16-11-15(3-6-19-16)21-7-1-2-8-21)20-13-14-12-18(14)4-9-25(23,24)10-5-18/h3,6,11,14H,1-2,4-5,7-10,12-13H2,(H,20,22). The first-order valence-electron chi connectivity index (χ1n) is 9.17. The van der Waals surface area contributed by atoms with Crippen LogP contribution in [0.2, 0.25) is 0 Å². The number of carbonyl (C=O) groups excluding carboxylic acids is 1. The molecule has 1 aromatic rings. The van der Waals surface area contributed by atoms with Crippen LogP contribution in [0, 0.1) is 11.3 Å². The van der Waals surface area contributed by atoms with Crippen LogP contribution in [-0.2, 0) is 9.84 Å². The molecule has 136 valence electrons. The Balaban J connectivity index is 1.32. The van der Waals surface area contributed by atoms with E-state index in [0.29, 0.717) is 29.7 Å². The molecule has 25 heavy (non-hydrogen) atoms. The molecule has 7 heteroatoms. The second-order valence-electron chi connectivity index (χ2n) is 7.72. The van der Waals surface area contributed by atoms with Gasteiger partial charge in [-0.05, 0) is 55.6 Å². The summed E-state index contributed by atoms with van der Waals surface area (Å²) in [7, 11) is -2.83. The lowest BCUT2D eigenvalue weighted by molar-refractivity contribution is 0.0945. The summed E-state index contributed by atoms with van der Waals surface area (Å²) in [6.07, 6.45) is 6.63. The van der Waals surface area contributed by atoms with E-state index in [9.17, 15) is 13.2 Å². The first-order valence-corrected chi connectivity index (χ1v) is 11.0. The predicted octanol–water partition coefficient (Wildman–Crippen LogP) is 1.63. The SMILES string of the molecule is O=C(NCC1CC12CCS(=O)(=O)CC2)c1cc(N2CCCC2)ccn1. The highest BCUT2D eigenvalue weighted by atomic mass is 32.2. The average Bonchev–Trinajstić information content (AvgIpc) is 3.02. The van der Waals surface area contributed by atoms with E-state index >= 15 is 0 Å². The van der Waals surface area contributed by atoms with Crippen molar-refractivity contribution in [2.24, 2.45) is 11.3 Å². The Hall–Kier alpha value is -1.63. The second-order valence-corrected chi connectivity index (χ2v) is 10.0. The fraction of sp³-hybridized carbons (Fsp3) is 0.667. The van der Waals surface area contributed by atoms with Crippen LogP contribution in [0.15, 0.2) is 18.3 Å². The monoisotopic (exact) mass is 363 g/mol. The van der Waals surface area contributed by atoms with Crippen LogP contribution >= 0.6 is 0 Å². The van der Waals surface area contributed by atoms with E-state index in [1.54, 1.807) is 6.20 Å². The van der Waals surface area contributed by atoms with E-state index in [1.165, 1.54) is 12.8 Å². The summed E-state index contributed by atoms with van der Waals surface area (Å²) in [5.74, 6) is 0.883. The smallest absolute Gasteiger partial charge is 0.269 e. The third kappa shape index (κ3) is 3.52. The summed E-state index contributed by atoms with van der Waals surface area (Å²) in [5.41, 5.74) is 1.69. The summed E-state index contributed by atoms with van der Waals surface area (Å²) < 4.78 is 23.2. The van der Waals surface area contributed by atoms with Crippen molar-refractivity contribution in [1.82, 2.24) is 10.3 Å². The van der Waals surface area contributed by atoms with E-state index in [1.807, 2.05) is 12.1 Å². The van der Waals surface area contributed by atoms with Crippen molar-refractivity contribution in [3.05, 3.63) is 24.0 Å². The van der Waals surface area contributed by atoms with Crippen LogP contribution < -0.4 is 10.2 Å². The number of aromatic nitrogens is 1. The molecule has 1 atom stereocenters. The third-order valence-corrected chi connectivity index (χ3v) is 7.79. The summed E-state index contributed by atoms with van der Waals surface area (Å²) >= 11 is 0. The molecule has 1 saturated carbocycles. The molecule has 0 aromatic carbocycles. The molecule has 3 fully saturated rings. The molecular formula is C18H25N3O3S. The average molecular weight is 363 g/mol. The number of anilines is 1. The van der Waals surface area contributed by atoms with Crippen molar-refractivity contribution in [2.45, 2.75) is 32.1 Å². The molecule has 1 unspecified atom stereocenters. The lowest BCUT2D eigenvalue weighted by atomic mass is 9.96. The Kier molecular flexibility index (Phi) is 4.22. The van der Waals surface area contributed by atoms with Gasteiger partial charge in [0.2, 0.25) is 0 Å². The van der Waals surface area contributed by atoms with Gasteiger partial charge in [0.25, 0.3) is 5.91 Å². The Morgan fingerprint density at radius 3 is 2.72 bits per heavy atom. The summed E-state index contributed by atoms with van der Waals surface area (Å²) in [6, 6.07) is 3.83. The molecule has 3 heterocycles. The fourth-order valence-electron chi connectivity index (χ4n) is 4.30. The van der Waals surface area contributed by atoms with Crippen molar-refractivity contribution in [2.75, 3.05) is 36.0 Å². The number of pyridine rings is 1. The molecule has 1 N–H and O–H groups in total. The molecule has 1 aromatic heterocycles. The zero-order chi connectivity index (χ0) is 17.5. The quantitative estimate of drug-likeness (QED) is 0.879. The maximum Gasteiger partial charge on any atom is 0.269 e. The normalized spacial score (nSPS) is 26.6. The maximum atomic E-state index is 12.4. The van der Waals surface area contributed by atoms with Crippen molar-refractivity contribution < 1.29 is 13.2 Å². The van der Waals surface area contributed by atoms with Crippen LogP contribution in [0.3, 0.4) is 0 Å². The Labute approximate surface area is 148 Å². The van der Waals surface area contributed by atoms with Gasteiger partial charge < -0.3 is 10.2 Å². The number of amides is 1. The summed E-state index contributed by atoms with van der Waals surface area (Å²) in [5, 5.41) is 3.00. The predicted molar refractivity (Wildman–Crippen MR) is 96.4 cm³/mol. The number of sulfone groups is 1. The number of hydrogen-bond acceptors (Lipinski definition) is 5. The van der Waals surface area contributed by atoms with Crippen LogP contribution in [0.25, 0.3) is 0 Å². The molecule has 1 amide bonds. The molecule has 2 saturated heterocycles. The van der Waals surface area contributed by atoms with Crippen molar-refractivity contribution in [1.29, 1.82) is 0 Å². The van der Waals surface area contributed by atoms with E-state index in [4.69, 9.17) is 0 Å². The highest BCUT2D eigenvalue weighted by Crippen LogP contribution is 2.59. The molecule has 1 spiro atoms. The van der Waals surface area contributed by atoms with Crippen LogP contribution in [0.4, 0.5) is 5.69 Å². The number of rotatable bonds is 4. The molecule has 1 aliphatic carbocycles. The molecule has 6 nitrogen and oxygen atoms in total. The molecule has 0 radical (unpaired) electrons. The molecular weight excluding hydrogens is 338 g/mol. The lowest BCUT2D eigenvalue weighted by Gasteiger charge is -2.22. The minimum absolute atomic E-state index is 0.133. The number of nitrogens with zero attached hydrogens (tertiary/aromatic N) is 2. The third-order valence-electron chi connectivity index (χ3n) is 6.14. The number of nitrogens with one attached hydrogen (secondary N) is 1. The van der Waals surface area contributed by atoms with Gasteiger partial charge in [-0.15, -0.1) is 0 Å². The zero-order valence-corrected chi connectivity index (χ0v) is 15.2. The maximum absolute atomic E-state index is 12.4.